The molecule has 2 aliphatic rings. The molecule has 22 heavy (non-hydrogen) atoms. The summed E-state index contributed by atoms with van der Waals surface area (Å²) in [5.41, 5.74) is 2.42. The molecule has 3 nitrogen and oxygen atoms in total. The van der Waals surface area contributed by atoms with Crippen LogP contribution in [0.5, 0.6) is 0 Å². The molecule has 0 bridgehead atoms. The molecule has 0 unspecified atom stereocenters. The first-order chi connectivity index (χ1) is 10.8. The highest BCUT2D eigenvalue weighted by molar-refractivity contribution is 7.80. The van der Waals surface area contributed by atoms with Gasteiger partial charge in [0.1, 0.15) is 0 Å². The molecule has 1 saturated carbocycles. The second kappa shape index (κ2) is 7.82. The smallest absolute Gasteiger partial charge is 0.171 e. The maximum Gasteiger partial charge on any atom is 0.171 e. The van der Waals surface area contributed by atoms with Crippen LogP contribution in [0.3, 0.4) is 0 Å². The number of thiocarbonyl (C=S) groups is 1. The van der Waals surface area contributed by atoms with Crippen LogP contribution >= 0.6 is 12.2 Å². The fourth-order valence-electron chi connectivity index (χ4n) is 3.58. The number of anilines is 2. The number of piperidine rings is 1. The van der Waals surface area contributed by atoms with Crippen molar-refractivity contribution >= 4 is 28.7 Å². The third-order valence-electron chi connectivity index (χ3n) is 4.79. The molecule has 3 rings (SSSR count). The molecule has 1 aliphatic carbocycles. The van der Waals surface area contributed by atoms with Gasteiger partial charge in [-0.05, 0) is 56.5 Å². The Morgan fingerprint density at radius 1 is 0.955 bits per heavy atom. The predicted molar refractivity (Wildman–Crippen MR) is 98.7 cm³/mol. The van der Waals surface area contributed by atoms with Gasteiger partial charge in [0.25, 0.3) is 0 Å². The Morgan fingerprint density at radius 3 is 2.41 bits per heavy atom. The van der Waals surface area contributed by atoms with E-state index < -0.39 is 0 Å². The fraction of sp³-hybridized carbons (Fsp3) is 0.611. The maximum atomic E-state index is 5.54. The summed E-state index contributed by atoms with van der Waals surface area (Å²) in [6.45, 7) is 2.31. The van der Waals surface area contributed by atoms with E-state index in [9.17, 15) is 0 Å². The Balaban J connectivity index is 1.62. The average Bonchev–Trinajstić information content (AvgIpc) is 2.57. The quantitative estimate of drug-likeness (QED) is 0.813. The monoisotopic (exact) mass is 317 g/mol. The van der Waals surface area contributed by atoms with E-state index in [0.29, 0.717) is 6.04 Å². The van der Waals surface area contributed by atoms with Gasteiger partial charge in [0.15, 0.2) is 5.11 Å². The number of nitrogens with one attached hydrogen (secondary N) is 2. The topological polar surface area (TPSA) is 27.3 Å². The SMILES string of the molecule is S=C(Nc1ccccc1N1CCCCC1)NC1CCCCC1. The molecule has 0 atom stereocenters. The Kier molecular flexibility index (Phi) is 5.54. The van der Waals surface area contributed by atoms with E-state index in [1.807, 2.05) is 0 Å². The molecular formula is C18H27N3S. The molecule has 4 heteroatoms. The normalized spacial score (nSPS) is 19.7. The number of rotatable bonds is 3. The zero-order valence-electron chi connectivity index (χ0n) is 13.3. The summed E-state index contributed by atoms with van der Waals surface area (Å²) in [6.07, 6.45) is 10.4. The highest BCUT2D eigenvalue weighted by atomic mass is 32.1. The number of hydrogen-bond donors (Lipinski definition) is 2. The zero-order chi connectivity index (χ0) is 15.2. The third-order valence-corrected chi connectivity index (χ3v) is 5.01. The lowest BCUT2D eigenvalue weighted by atomic mass is 9.96. The Bertz CT molecular complexity index is 491. The van der Waals surface area contributed by atoms with Crippen molar-refractivity contribution in [1.82, 2.24) is 5.32 Å². The fourth-order valence-corrected chi connectivity index (χ4v) is 3.86. The summed E-state index contributed by atoms with van der Waals surface area (Å²) in [4.78, 5) is 2.48. The summed E-state index contributed by atoms with van der Waals surface area (Å²) < 4.78 is 0. The van der Waals surface area contributed by atoms with E-state index in [0.717, 1.165) is 23.9 Å². The largest absolute Gasteiger partial charge is 0.370 e. The third kappa shape index (κ3) is 4.13. The lowest BCUT2D eigenvalue weighted by Crippen LogP contribution is -2.39. The average molecular weight is 318 g/mol. The zero-order valence-corrected chi connectivity index (χ0v) is 14.1. The minimum Gasteiger partial charge on any atom is -0.370 e. The number of nitrogens with zero attached hydrogens (tertiary/aromatic N) is 1. The second-order valence-electron chi connectivity index (χ2n) is 6.50. The van der Waals surface area contributed by atoms with Crippen LogP contribution in [-0.2, 0) is 0 Å². The minimum atomic E-state index is 0.552. The van der Waals surface area contributed by atoms with Crippen LogP contribution in [0.25, 0.3) is 0 Å². The molecule has 0 amide bonds. The van der Waals surface area contributed by atoms with Crippen LogP contribution in [0, 0.1) is 0 Å². The van der Waals surface area contributed by atoms with E-state index in [1.54, 1.807) is 0 Å². The van der Waals surface area contributed by atoms with E-state index in [-0.39, 0.29) is 0 Å². The standard InChI is InChI=1S/C18H27N3S/c22-18(19-15-9-3-1-4-10-15)20-16-11-5-6-12-17(16)21-13-7-2-8-14-21/h5-6,11-12,15H,1-4,7-10,13-14H2,(H2,19,20,22). The summed E-state index contributed by atoms with van der Waals surface area (Å²) in [6, 6.07) is 9.09. The number of hydrogen-bond acceptors (Lipinski definition) is 2. The van der Waals surface area contributed by atoms with Gasteiger partial charge in [-0.15, -0.1) is 0 Å². The van der Waals surface area contributed by atoms with Gasteiger partial charge < -0.3 is 15.5 Å². The van der Waals surface area contributed by atoms with Crippen molar-refractivity contribution in [2.24, 2.45) is 0 Å². The molecule has 0 radical (unpaired) electrons. The lowest BCUT2D eigenvalue weighted by Gasteiger charge is -2.31. The number of benzene rings is 1. The van der Waals surface area contributed by atoms with Gasteiger partial charge in [-0.25, -0.2) is 0 Å². The lowest BCUT2D eigenvalue weighted by molar-refractivity contribution is 0.415. The maximum absolute atomic E-state index is 5.54. The second-order valence-corrected chi connectivity index (χ2v) is 6.91. The Morgan fingerprint density at radius 2 is 1.64 bits per heavy atom. The first-order valence-corrected chi connectivity index (χ1v) is 9.15. The first-order valence-electron chi connectivity index (χ1n) is 8.74. The molecule has 2 fully saturated rings. The predicted octanol–water partition coefficient (Wildman–Crippen LogP) is 4.30. The first kappa shape index (κ1) is 15.6. The van der Waals surface area contributed by atoms with E-state index in [4.69, 9.17) is 12.2 Å². The molecule has 120 valence electrons. The highest BCUT2D eigenvalue weighted by Crippen LogP contribution is 2.28. The van der Waals surface area contributed by atoms with Crippen molar-refractivity contribution < 1.29 is 0 Å². The molecule has 1 heterocycles. The van der Waals surface area contributed by atoms with Crippen LogP contribution in [0.2, 0.25) is 0 Å². The molecular weight excluding hydrogens is 290 g/mol. The van der Waals surface area contributed by atoms with Gasteiger partial charge >= 0.3 is 0 Å². The van der Waals surface area contributed by atoms with Crippen molar-refractivity contribution in [1.29, 1.82) is 0 Å². The van der Waals surface area contributed by atoms with Crippen molar-refractivity contribution in [3.05, 3.63) is 24.3 Å². The van der Waals surface area contributed by atoms with E-state index in [1.165, 1.54) is 57.1 Å². The van der Waals surface area contributed by atoms with Gasteiger partial charge in [0, 0.05) is 19.1 Å². The Hall–Kier alpha value is -1.29. The molecule has 0 spiro atoms. The van der Waals surface area contributed by atoms with Crippen molar-refractivity contribution in [2.75, 3.05) is 23.3 Å². The van der Waals surface area contributed by atoms with Crippen LogP contribution < -0.4 is 15.5 Å². The molecule has 1 aromatic carbocycles. The van der Waals surface area contributed by atoms with Crippen molar-refractivity contribution in [3.63, 3.8) is 0 Å². The summed E-state index contributed by atoms with van der Waals surface area (Å²) in [5.74, 6) is 0. The van der Waals surface area contributed by atoms with Gasteiger partial charge in [-0.2, -0.15) is 0 Å². The number of para-hydroxylation sites is 2. The Labute approximate surface area is 139 Å². The van der Waals surface area contributed by atoms with Crippen LogP contribution in [0.4, 0.5) is 11.4 Å². The van der Waals surface area contributed by atoms with Crippen LogP contribution in [0.1, 0.15) is 51.4 Å². The molecule has 2 N–H and O–H groups in total. The summed E-state index contributed by atoms with van der Waals surface area (Å²) in [5, 5.41) is 7.71. The van der Waals surface area contributed by atoms with E-state index >= 15 is 0 Å². The molecule has 0 aromatic heterocycles. The molecule has 1 aromatic rings. The summed E-state index contributed by atoms with van der Waals surface area (Å²) in [7, 11) is 0. The van der Waals surface area contributed by atoms with Gasteiger partial charge in [0.05, 0.1) is 11.4 Å². The highest BCUT2D eigenvalue weighted by Gasteiger charge is 2.17. The van der Waals surface area contributed by atoms with Crippen molar-refractivity contribution in [3.8, 4) is 0 Å². The molecule has 1 saturated heterocycles. The van der Waals surface area contributed by atoms with Crippen LogP contribution in [0.15, 0.2) is 24.3 Å². The minimum absolute atomic E-state index is 0.552. The summed E-state index contributed by atoms with van der Waals surface area (Å²) >= 11 is 5.54. The van der Waals surface area contributed by atoms with E-state index in [2.05, 4.69) is 39.8 Å². The van der Waals surface area contributed by atoms with Crippen molar-refractivity contribution in [2.45, 2.75) is 57.4 Å². The van der Waals surface area contributed by atoms with Gasteiger partial charge in [-0.1, -0.05) is 31.4 Å². The van der Waals surface area contributed by atoms with Gasteiger partial charge in [0.2, 0.25) is 0 Å². The van der Waals surface area contributed by atoms with Crippen LogP contribution in [-0.4, -0.2) is 24.2 Å². The van der Waals surface area contributed by atoms with Gasteiger partial charge in [-0.3, -0.25) is 0 Å². The molecule has 1 aliphatic heterocycles.